The maximum absolute atomic E-state index is 9.01. The van der Waals surface area contributed by atoms with Crippen LogP contribution in [0.15, 0.2) is 46.9 Å². The van der Waals surface area contributed by atoms with Gasteiger partial charge in [-0.3, -0.25) is 0 Å². The van der Waals surface area contributed by atoms with Crippen LogP contribution in [0, 0.1) is 18.3 Å². The molecule has 0 spiro atoms. The highest BCUT2D eigenvalue weighted by Gasteiger charge is 2.05. The Hall–Kier alpha value is -1.79. The van der Waals surface area contributed by atoms with Crippen LogP contribution in [0.1, 0.15) is 16.7 Å². The summed E-state index contributed by atoms with van der Waals surface area (Å²) < 4.78 is 0.928. The maximum Gasteiger partial charge on any atom is 0.0992 e. The number of nitrogens with zero attached hydrogens (tertiary/aromatic N) is 2. The Kier molecular flexibility index (Phi) is 4.24. The number of hydrogen-bond donors (Lipinski definition) is 0. The summed E-state index contributed by atoms with van der Waals surface area (Å²) in [7, 11) is 2.03. The highest BCUT2D eigenvalue weighted by Crippen LogP contribution is 2.23. The second-order valence-corrected chi connectivity index (χ2v) is 5.57. The predicted octanol–water partition coefficient (Wildman–Crippen LogP) is 4.27. The lowest BCUT2D eigenvalue weighted by atomic mass is 10.1. The van der Waals surface area contributed by atoms with E-state index in [2.05, 4.69) is 58.1 Å². The number of anilines is 1. The lowest BCUT2D eigenvalue weighted by Gasteiger charge is -2.20. The van der Waals surface area contributed by atoms with Crippen molar-refractivity contribution in [3.05, 3.63) is 63.6 Å². The molecule has 2 nitrogen and oxygen atoms in total. The van der Waals surface area contributed by atoms with Gasteiger partial charge in [0.25, 0.3) is 0 Å². The van der Waals surface area contributed by atoms with Gasteiger partial charge in [-0.15, -0.1) is 0 Å². The van der Waals surface area contributed by atoms with Crippen molar-refractivity contribution in [1.29, 1.82) is 5.26 Å². The average molecular weight is 315 g/mol. The molecule has 0 radical (unpaired) electrons. The van der Waals surface area contributed by atoms with Crippen molar-refractivity contribution < 1.29 is 0 Å². The van der Waals surface area contributed by atoms with E-state index in [0.717, 1.165) is 16.7 Å². The molecule has 0 fully saturated rings. The molecule has 0 aliphatic heterocycles. The van der Waals surface area contributed by atoms with Crippen LogP contribution in [0.5, 0.6) is 0 Å². The predicted molar refractivity (Wildman–Crippen MR) is 82.1 cm³/mol. The number of hydrogen-bond acceptors (Lipinski definition) is 2. The highest BCUT2D eigenvalue weighted by molar-refractivity contribution is 9.10. The zero-order valence-corrected chi connectivity index (χ0v) is 12.6. The fourth-order valence-corrected chi connectivity index (χ4v) is 2.52. The third-order valence-electron chi connectivity index (χ3n) is 2.95. The molecule has 96 valence electrons. The van der Waals surface area contributed by atoms with Crippen LogP contribution in [0.3, 0.4) is 0 Å². The largest absolute Gasteiger partial charge is 0.370 e. The Bertz CT molecular complexity index is 629. The summed E-state index contributed by atoms with van der Waals surface area (Å²) in [5, 5.41) is 9.01. The van der Waals surface area contributed by atoms with E-state index in [9.17, 15) is 0 Å². The monoisotopic (exact) mass is 314 g/mol. The van der Waals surface area contributed by atoms with Crippen LogP contribution in [-0.2, 0) is 6.54 Å². The van der Waals surface area contributed by atoms with Gasteiger partial charge in [0.15, 0.2) is 0 Å². The lowest BCUT2D eigenvalue weighted by molar-refractivity contribution is 0.920. The minimum Gasteiger partial charge on any atom is -0.370 e. The molecular formula is C16H15BrN2. The molecule has 0 aromatic heterocycles. The SMILES string of the molecule is Cc1cccc(CN(C)c2cc(Br)cc(C#N)c2)c1. The number of rotatable bonds is 3. The van der Waals surface area contributed by atoms with E-state index < -0.39 is 0 Å². The number of aryl methyl sites for hydroxylation is 1. The summed E-state index contributed by atoms with van der Waals surface area (Å²) in [6, 6.07) is 16.4. The topological polar surface area (TPSA) is 27.0 Å². The molecule has 0 atom stereocenters. The van der Waals surface area contributed by atoms with Gasteiger partial charge < -0.3 is 4.90 Å². The van der Waals surface area contributed by atoms with Crippen molar-refractivity contribution in [2.75, 3.05) is 11.9 Å². The van der Waals surface area contributed by atoms with E-state index in [4.69, 9.17) is 5.26 Å². The molecule has 0 amide bonds. The molecule has 0 saturated carbocycles. The van der Waals surface area contributed by atoms with E-state index >= 15 is 0 Å². The van der Waals surface area contributed by atoms with Gasteiger partial charge in [-0.2, -0.15) is 5.26 Å². The normalized spacial score (nSPS) is 10.0. The Balaban J connectivity index is 2.23. The first-order chi connectivity index (χ1) is 9.08. The zero-order chi connectivity index (χ0) is 13.8. The molecule has 0 N–H and O–H groups in total. The summed E-state index contributed by atoms with van der Waals surface area (Å²) in [5.74, 6) is 0. The second kappa shape index (κ2) is 5.90. The van der Waals surface area contributed by atoms with Gasteiger partial charge >= 0.3 is 0 Å². The molecule has 2 aromatic carbocycles. The van der Waals surface area contributed by atoms with Crippen molar-refractivity contribution in [3.8, 4) is 6.07 Å². The van der Waals surface area contributed by atoms with Gasteiger partial charge in [0.2, 0.25) is 0 Å². The molecular weight excluding hydrogens is 300 g/mol. The van der Waals surface area contributed by atoms with E-state index in [1.807, 2.05) is 25.2 Å². The van der Waals surface area contributed by atoms with Crippen molar-refractivity contribution >= 4 is 21.6 Å². The van der Waals surface area contributed by atoms with Crippen molar-refractivity contribution in [1.82, 2.24) is 0 Å². The highest BCUT2D eigenvalue weighted by atomic mass is 79.9. The summed E-state index contributed by atoms with van der Waals surface area (Å²) in [6.07, 6.45) is 0. The molecule has 0 saturated heterocycles. The third-order valence-corrected chi connectivity index (χ3v) is 3.41. The van der Waals surface area contributed by atoms with E-state index in [-0.39, 0.29) is 0 Å². The van der Waals surface area contributed by atoms with Crippen LogP contribution in [0.4, 0.5) is 5.69 Å². The van der Waals surface area contributed by atoms with Gasteiger partial charge in [0.1, 0.15) is 0 Å². The van der Waals surface area contributed by atoms with Crippen LogP contribution in [0.2, 0.25) is 0 Å². The molecule has 2 aromatic rings. The minimum absolute atomic E-state index is 0.667. The van der Waals surface area contributed by atoms with Gasteiger partial charge in [0.05, 0.1) is 11.6 Å². The Morgan fingerprint density at radius 2 is 2.00 bits per heavy atom. The fraction of sp³-hybridized carbons (Fsp3) is 0.188. The van der Waals surface area contributed by atoms with Crippen molar-refractivity contribution in [3.63, 3.8) is 0 Å². The van der Waals surface area contributed by atoms with E-state index in [1.54, 1.807) is 0 Å². The molecule has 0 heterocycles. The number of nitriles is 1. The Morgan fingerprint density at radius 1 is 1.21 bits per heavy atom. The average Bonchev–Trinajstić information content (AvgIpc) is 2.38. The van der Waals surface area contributed by atoms with Crippen LogP contribution < -0.4 is 4.90 Å². The first kappa shape index (κ1) is 13.6. The quantitative estimate of drug-likeness (QED) is 0.846. The molecule has 2 rings (SSSR count). The standard InChI is InChI=1S/C16H15BrN2/c1-12-4-3-5-13(6-12)11-19(2)16-8-14(10-18)7-15(17)9-16/h3-9H,11H2,1-2H3. The fourth-order valence-electron chi connectivity index (χ4n) is 2.03. The van der Waals surface area contributed by atoms with Crippen LogP contribution >= 0.6 is 15.9 Å². The third kappa shape index (κ3) is 3.59. The van der Waals surface area contributed by atoms with Gasteiger partial charge in [-0.05, 0) is 30.7 Å². The zero-order valence-electron chi connectivity index (χ0n) is 11.0. The van der Waals surface area contributed by atoms with Gasteiger partial charge in [-0.1, -0.05) is 45.8 Å². The first-order valence-electron chi connectivity index (χ1n) is 6.06. The number of halogens is 1. The molecule has 19 heavy (non-hydrogen) atoms. The maximum atomic E-state index is 9.01. The van der Waals surface area contributed by atoms with Crippen molar-refractivity contribution in [2.45, 2.75) is 13.5 Å². The summed E-state index contributed by atoms with van der Waals surface area (Å²) in [6.45, 7) is 2.92. The van der Waals surface area contributed by atoms with Crippen molar-refractivity contribution in [2.24, 2.45) is 0 Å². The van der Waals surface area contributed by atoms with Gasteiger partial charge in [0, 0.05) is 23.8 Å². The van der Waals surface area contributed by atoms with E-state index in [1.165, 1.54) is 11.1 Å². The first-order valence-corrected chi connectivity index (χ1v) is 6.85. The summed E-state index contributed by atoms with van der Waals surface area (Å²) in [5.41, 5.74) is 4.23. The second-order valence-electron chi connectivity index (χ2n) is 4.66. The Morgan fingerprint density at radius 3 is 2.68 bits per heavy atom. The Labute approximate surface area is 122 Å². The van der Waals surface area contributed by atoms with Gasteiger partial charge in [-0.25, -0.2) is 0 Å². The van der Waals surface area contributed by atoms with E-state index in [0.29, 0.717) is 5.56 Å². The lowest BCUT2D eigenvalue weighted by Crippen LogP contribution is -2.16. The van der Waals surface area contributed by atoms with Crippen LogP contribution in [0.25, 0.3) is 0 Å². The summed E-state index contributed by atoms with van der Waals surface area (Å²) in [4.78, 5) is 2.14. The smallest absolute Gasteiger partial charge is 0.0992 e. The van der Waals surface area contributed by atoms with Crippen LogP contribution in [-0.4, -0.2) is 7.05 Å². The molecule has 0 aliphatic carbocycles. The molecule has 0 aliphatic rings. The molecule has 0 unspecified atom stereocenters. The summed E-state index contributed by atoms with van der Waals surface area (Å²) >= 11 is 3.44. The minimum atomic E-state index is 0.667. The number of benzene rings is 2. The molecule has 0 bridgehead atoms. The molecule has 3 heteroatoms.